The molecule has 38 heavy (non-hydrogen) atoms. The normalized spacial score (nSPS) is 18.1. The van der Waals surface area contributed by atoms with Gasteiger partial charge in [0.2, 0.25) is 0 Å². The molecule has 1 spiro atoms. The summed E-state index contributed by atoms with van der Waals surface area (Å²) in [5.74, 6) is 2.99. The molecule has 0 aromatic heterocycles. The average Bonchev–Trinajstić information content (AvgIpc) is 3.29. The standard InChI is InChI=1S/C31H39O6P/c1-29(2,3)20-11-14-23(32-10)26(17-20)35-38(33-24-15-12-21(30(4,5)6)18-27(24)36-38)34-25-16-13-22(31(7,8)9)19-28(25)37-38/h11-19H,1-10H3. The Kier molecular flexibility index (Phi) is 5.71. The Morgan fingerprint density at radius 1 is 0.500 bits per heavy atom. The zero-order valence-corrected chi connectivity index (χ0v) is 25.0. The second-order valence-electron chi connectivity index (χ2n) is 13.1. The van der Waals surface area contributed by atoms with Gasteiger partial charge in [-0.2, -0.15) is 0 Å². The molecule has 6 nitrogen and oxygen atoms in total. The second kappa shape index (κ2) is 8.19. The van der Waals surface area contributed by atoms with Crippen LogP contribution < -0.4 is 27.4 Å². The Hall–Kier alpha value is -3.11. The fourth-order valence-electron chi connectivity index (χ4n) is 4.45. The molecule has 0 unspecified atom stereocenters. The zero-order valence-electron chi connectivity index (χ0n) is 24.1. The predicted molar refractivity (Wildman–Crippen MR) is 152 cm³/mol. The fourth-order valence-corrected chi connectivity index (χ4v) is 7.15. The molecular formula is C31H39O6P. The van der Waals surface area contributed by atoms with Crippen LogP contribution in [0.25, 0.3) is 0 Å². The first-order chi connectivity index (χ1) is 17.5. The van der Waals surface area contributed by atoms with E-state index >= 15 is 0 Å². The van der Waals surface area contributed by atoms with Crippen molar-refractivity contribution >= 4 is 7.74 Å². The Bertz CT molecular complexity index is 1330. The molecule has 0 bridgehead atoms. The summed E-state index contributed by atoms with van der Waals surface area (Å²) in [5, 5.41) is 0. The molecule has 2 heterocycles. The molecule has 0 N–H and O–H groups in total. The van der Waals surface area contributed by atoms with Gasteiger partial charge in [0.15, 0.2) is 0 Å². The van der Waals surface area contributed by atoms with Crippen molar-refractivity contribution in [2.75, 3.05) is 7.11 Å². The molecule has 5 rings (SSSR count). The number of methoxy groups -OCH3 is 1. The molecule has 0 atom stereocenters. The van der Waals surface area contributed by atoms with E-state index in [0.29, 0.717) is 34.5 Å². The van der Waals surface area contributed by atoms with Crippen LogP contribution in [-0.2, 0) is 16.2 Å². The van der Waals surface area contributed by atoms with Crippen LogP contribution in [0.5, 0.6) is 34.5 Å². The molecule has 0 radical (unpaired) electrons. The molecule has 7 heteroatoms. The van der Waals surface area contributed by atoms with Crippen molar-refractivity contribution in [1.29, 1.82) is 0 Å². The molecule has 0 saturated heterocycles. The Morgan fingerprint density at radius 3 is 1.32 bits per heavy atom. The van der Waals surface area contributed by atoms with Gasteiger partial charge in [0.1, 0.15) is 0 Å². The van der Waals surface area contributed by atoms with Gasteiger partial charge in [-0.3, -0.25) is 0 Å². The van der Waals surface area contributed by atoms with E-state index in [4.69, 9.17) is 27.4 Å². The van der Waals surface area contributed by atoms with Crippen LogP contribution >= 0.6 is 7.74 Å². The van der Waals surface area contributed by atoms with E-state index in [1.54, 1.807) is 7.11 Å². The molecule has 0 fully saturated rings. The molecule has 0 saturated carbocycles. The first kappa shape index (κ1) is 26.5. The number of fused-ring (bicyclic) bond motifs is 2. The predicted octanol–water partition coefficient (Wildman–Crippen LogP) is 9.04. The van der Waals surface area contributed by atoms with Crippen LogP contribution in [0.4, 0.5) is 0 Å². The van der Waals surface area contributed by atoms with Gasteiger partial charge in [-0.05, 0) is 0 Å². The van der Waals surface area contributed by atoms with E-state index in [-0.39, 0.29) is 16.2 Å². The first-order valence-electron chi connectivity index (χ1n) is 13.0. The van der Waals surface area contributed by atoms with E-state index < -0.39 is 7.74 Å². The van der Waals surface area contributed by atoms with E-state index in [1.807, 2.05) is 54.6 Å². The first-order valence-corrected chi connectivity index (χ1v) is 14.8. The average molecular weight is 539 g/mol. The van der Waals surface area contributed by atoms with Crippen molar-refractivity contribution < 1.29 is 27.4 Å². The van der Waals surface area contributed by atoms with Crippen LogP contribution in [-0.4, -0.2) is 7.11 Å². The van der Waals surface area contributed by atoms with Gasteiger partial charge in [0.05, 0.1) is 0 Å². The van der Waals surface area contributed by atoms with Crippen molar-refractivity contribution in [3.63, 3.8) is 0 Å². The molecule has 2 aliphatic rings. The molecule has 0 aliphatic carbocycles. The maximum atomic E-state index is 6.70. The summed E-state index contributed by atoms with van der Waals surface area (Å²) in [7, 11) is -3.15. The summed E-state index contributed by atoms with van der Waals surface area (Å²) in [5.41, 5.74) is 2.95. The molecular weight excluding hydrogens is 499 g/mol. The molecule has 0 amide bonds. The maximum absolute atomic E-state index is 6.70. The number of hydrogen-bond donors (Lipinski definition) is 0. The van der Waals surface area contributed by atoms with E-state index in [1.165, 1.54) is 0 Å². The number of rotatable bonds is 3. The minimum atomic E-state index is -4.75. The summed E-state index contributed by atoms with van der Waals surface area (Å²) in [6.45, 7) is 19.3. The van der Waals surface area contributed by atoms with Crippen LogP contribution in [0.1, 0.15) is 79.0 Å². The summed E-state index contributed by atoms with van der Waals surface area (Å²) in [4.78, 5) is 0. The van der Waals surface area contributed by atoms with Gasteiger partial charge >= 0.3 is 227 Å². The Labute approximate surface area is 226 Å². The van der Waals surface area contributed by atoms with Crippen LogP contribution in [0, 0.1) is 0 Å². The van der Waals surface area contributed by atoms with Crippen molar-refractivity contribution in [2.24, 2.45) is 0 Å². The topological polar surface area (TPSA) is 55.4 Å². The summed E-state index contributed by atoms with van der Waals surface area (Å²) >= 11 is 0. The fraction of sp³-hybridized carbons (Fsp3) is 0.419. The summed E-state index contributed by atoms with van der Waals surface area (Å²) < 4.78 is 38.7. The number of benzene rings is 3. The van der Waals surface area contributed by atoms with Gasteiger partial charge in [-0.1, -0.05) is 0 Å². The third kappa shape index (κ3) is 4.53. The zero-order chi connectivity index (χ0) is 27.7. The number of hydrogen-bond acceptors (Lipinski definition) is 6. The summed E-state index contributed by atoms with van der Waals surface area (Å²) in [6.07, 6.45) is 0. The van der Waals surface area contributed by atoms with Crippen molar-refractivity contribution in [1.82, 2.24) is 0 Å². The molecule has 3 aromatic carbocycles. The second-order valence-corrected chi connectivity index (χ2v) is 15.5. The van der Waals surface area contributed by atoms with Gasteiger partial charge in [-0.15, -0.1) is 0 Å². The quantitative estimate of drug-likeness (QED) is 0.310. The van der Waals surface area contributed by atoms with Gasteiger partial charge < -0.3 is 0 Å². The van der Waals surface area contributed by atoms with Crippen molar-refractivity contribution in [3.8, 4) is 34.5 Å². The Balaban J connectivity index is 1.66. The van der Waals surface area contributed by atoms with Crippen molar-refractivity contribution in [3.05, 3.63) is 71.3 Å². The van der Waals surface area contributed by atoms with Crippen LogP contribution in [0.2, 0.25) is 0 Å². The third-order valence-corrected chi connectivity index (χ3v) is 9.36. The monoisotopic (exact) mass is 538 g/mol. The van der Waals surface area contributed by atoms with Crippen molar-refractivity contribution in [2.45, 2.75) is 78.6 Å². The minimum absolute atomic E-state index is 0.0883. The van der Waals surface area contributed by atoms with E-state index in [2.05, 4.69) is 62.3 Å². The van der Waals surface area contributed by atoms with Gasteiger partial charge in [0, 0.05) is 0 Å². The third-order valence-electron chi connectivity index (χ3n) is 6.89. The van der Waals surface area contributed by atoms with Gasteiger partial charge in [0.25, 0.3) is 0 Å². The van der Waals surface area contributed by atoms with Gasteiger partial charge in [-0.25, -0.2) is 0 Å². The Morgan fingerprint density at radius 2 is 0.895 bits per heavy atom. The molecule has 2 aliphatic heterocycles. The molecule has 3 aromatic rings. The van der Waals surface area contributed by atoms with E-state index in [9.17, 15) is 0 Å². The van der Waals surface area contributed by atoms with Crippen LogP contribution in [0.15, 0.2) is 54.6 Å². The number of ether oxygens (including phenoxy) is 1. The molecule has 204 valence electrons. The van der Waals surface area contributed by atoms with Crippen LogP contribution in [0.3, 0.4) is 0 Å². The van der Waals surface area contributed by atoms with E-state index in [0.717, 1.165) is 16.7 Å². The summed E-state index contributed by atoms with van der Waals surface area (Å²) in [6, 6.07) is 17.6. The SMILES string of the molecule is COc1ccc(C(C)(C)C)cc1OP12(Oc3ccc(C(C)(C)C)cc3O1)Oc1ccc(C(C)(C)C)cc1O2.